The minimum absolute atomic E-state index is 0.0847. The standard InChI is InChI=1S/C35H35FN14O4/c1-17-43-23(9-27(37)45-17)30-32(47-20-6-7-29(53-4)39-12-20)40-14-25(49-30)19(16-51)11-35(3,52)26-15-41-33(48-21-8-22(36)34(54-5)42-13-21)31(50-26)24-10-28(38)46-18(2)44-24/h6-10,12-16,19,52H,11H2,1-5H3,(H,40,47)(H,41,48)(H2,37,43,45)(H2,38,44,46). The molecule has 2 atom stereocenters. The minimum atomic E-state index is -1.77. The molecule has 6 aromatic heterocycles. The Hall–Kier alpha value is -7.02. The molecule has 0 saturated heterocycles. The number of hydrogen-bond donors (Lipinski definition) is 5. The molecule has 19 heteroatoms. The van der Waals surface area contributed by atoms with Gasteiger partial charge in [-0.1, -0.05) is 0 Å². The highest BCUT2D eigenvalue weighted by atomic mass is 19.1. The SMILES string of the molecule is COc1ccc(Nc2ncc(C(C=O)CC(C)(O)c3cnc(Nc4cnc(OC)c(F)c4)c(-c4cc(N)nc(C)n4)n3)nc2-c2cc(N)nc(C)n2)cn1. The molecule has 2 unspecified atom stereocenters. The monoisotopic (exact) mass is 734 g/mol. The Morgan fingerprint density at radius 3 is 1.96 bits per heavy atom. The number of aryl methyl sites for hydroxylation is 2. The highest BCUT2D eigenvalue weighted by molar-refractivity contribution is 5.76. The summed E-state index contributed by atoms with van der Waals surface area (Å²) in [4.78, 5) is 56.7. The zero-order chi connectivity index (χ0) is 38.6. The zero-order valence-corrected chi connectivity index (χ0v) is 29.7. The highest BCUT2D eigenvalue weighted by Crippen LogP contribution is 2.36. The van der Waals surface area contributed by atoms with Crippen LogP contribution in [0.2, 0.25) is 0 Å². The Morgan fingerprint density at radius 1 is 0.796 bits per heavy atom. The van der Waals surface area contributed by atoms with Crippen molar-refractivity contribution in [3.63, 3.8) is 0 Å². The van der Waals surface area contributed by atoms with Crippen molar-refractivity contribution in [1.29, 1.82) is 0 Å². The fraction of sp³-hybridized carbons (Fsp3) is 0.229. The zero-order valence-electron chi connectivity index (χ0n) is 29.7. The number of methoxy groups -OCH3 is 2. The lowest BCUT2D eigenvalue weighted by Crippen LogP contribution is -2.27. The van der Waals surface area contributed by atoms with Gasteiger partial charge in [-0.2, -0.15) is 0 Å². The van der Waals surface area contributed by atoms with E-state index in [1.54, 1.807) is 32.2 Å². The molecule has 6 heterocycles. The van der Waals surface area contributed by atoms with E-state index in [9.17, 15) is 14.3 Å². The van der Waals surface area contributed by atoms with Crippen LogP contribution in [-0.2, 0) is 10.4 Å². The maximum absolute atomic E-state index is 14.5. The maximum Gasteiger partial charge on any atom is 0.250 e. The molecule has 54 heavy (non-hydrogen) atoms. The van der Waals surface area contributed by atoms with E-state index in [-0.39, 0.29) is 63.9 Å². The molecule has 0 fully saturated rings. The van der Waals surface area contributed by atoms with Gasteiger partial charge in [0.1, 0.15) is 46.6 Å². The van der Waals surface area contributed by atoms with Crippen LogP contribution in [0.25, 0.3) is 22.8 Å². The maximum atomic E-state index is 14.5. The van der Waals surface area contributed by atoms with Crippen LogP contribution >= 0.6 is 0 Å². The molecule has 18 nitrogen and oxygen atoms in total. The number of nitrogen functional groups attached to an aromatic ring is 2. The molecule has 0 saturated carbocycles. The van der Waals surface area contributed by atoms with Crippen molar-refractivity contribution in [2.45, 2.75) is 38.7 Å². The number of carbonyl (C=O) groups is 1. The third-order valence-corrected chi connectivity index (χ3v) is 7.95. The van der Waals surface area contributed by atoms with Crippen molar-refractivity contribution in [3.8, 4) is 34.5 Å². The second-order valence-electron chi connectivity index (χ2n) is 12.2. The number of nitrogens with zero attached hydrogens (tertiary/aromatic N) is 10. The van der Waals surface area contributed by atoms with Gasteiger partial charge in [0, 0.05) is 24.3 Å². The first-order valence-corrected chi connectivity index (χ1v) is 16.2. The molecule has 0 aliphatic heterocycles. The third kappa shape index (κ3) is 8.20. The van der Waals surface area contributed by atoms with Gasteiger partial charge in [0.25, 0.3) is 0 Å². The molecule has 0 amide bonds. The lowest BCUT2D eigenvalue weighted by Gasteiger charge is -2.26. The summed E-state index contributed by atoms with van der Waals surface area (Å²) in [6, 6.07) is 7.62. The van der Waals surface area contributed by atoms with Crippen LogP contribution in [0, 0.1) is 19.7 Å². The Morgan fingerprint density at radius 2 is 1.41 bits per heavy atom. The fourth-order valence-corrected chi connectivity index (χ4v) is 5.44. The van der Waals surface area contributed by atoms with E-state index in [1.165, 1.54) is 57.9 Å². The van der Waals surface area contributed by atoms with Gasteiger partial charge in [0.15, 0.2) is 17.5 Å². The fourth-order valence-electron chi connectivity index (χ4n) is 5.44. The van der Waals surface area contributed by atoms with Gasteiger partial charge in [-0.05, 0) is 33.3 Å². The Bertz CT molecular complexity index is 2290. The number of hydrogen-bond acceptors (Lipinski definition) is 18. The molecule has 0 aliphatic carbocycles. The largest absolute Gasteiger partial charge is 0.481 e. The van der Waals surface area contributed by atoms with Crippen LogP contribution in [-0.4, -0.2) is 75.5 Å². The van der Waals surface area contributed by atoms with Gasteiger partial charge in [-0.25, -0.2) is 54.2 Å². The van der Waals surface area contributed by atoms with Crippen molar-refractivity contribution < 1.29 is 23.8 Å². The number of nitrogens with one attached hydrogen (secondary N) is 2. The first-order valence-electron chi connectivity index (χ1n) is 16.2. The average Bonchev–Trinajstić information content (AvgIpc) is 3.14. The van der Waals surface area contributed by atoms with Gasteiger partial charge in [-0.3, -0.25) is 0 Å². The van der Waals surface area contributed by atoms with Crippen LogP contribution in [0.5, 0.6) is 11.8 Å². The number of ether oxygens (including phenoxy) is 2. The van der Waals surface area contributed by atoms with Gasteiger partial charge in [0.05, 0.1) is 79.1 Å². The van der Waals surface area contributed by atoms with Gasteiger partial charge in [0.2, 0.25) is 11.8 Å². The van der Waals surface area contributed by atoms with Crippen molar-refractivity contribution in [2.24, 2.45) is 0 Å². The van der Waals surface area contributed by atoms with E-state index >= 15 is 0 Å². The molecule has 276 valence electrons. The molecular weight excluding hydrogens is 699 g/mol. The Labute approximate surface area is 307 Å². The summed E-state index contributed by atoms with van der Waals surface area (Å²) < 4.78 is 24.6. The summed E-state index contributed by atoms with van der Waals surface area (Å²) in [5.74, 6) is 0.104. The molecule has 0 radical (unpaired) electrons. The van der Waals surface area contributed by atoms with E-state index < -0.39 is 17.3 Å². The Balaban J connectivity index is 1.37. The minimum Gasteiger partial charge on any atom is -0.481 e. The van der Waals surface area contributed by atoms with E-state index in [1.807, 2.05) is 0 Å². The van der Waals surface area contributed by atoms with Gasteiger partial charge in [-0.15, -0.1) is 0 Å². The van der Waals surface area contributed by atoms with Crippen molar-refractivity contribution >= 4 is 40.9 Å². The van der Waals surface area contributed by atoms with E-state index in [0.717, 1.165) is 0 Å². The number of carbonyl (C=O) groups excluding carboxylic acids is 1. The average molecular weight is 735 g/mol. The predicted octanol–water partition coefficient (Wildman–Crippen LogP) is 3.98. The number of pyridine rings is 2. The normalized spacial score (nSPS) is 12.7. The van der Waals surface area contributed by atoms with Crippen molar-refractivity contribution in [1.82, 2.24) is 49.8 Å². The molecule has 6 aromatic rings. The number of halogens is 1. The van der Waals surface area contributed by atoms with Crippen molar-refractivity contribution in [3.05, 3.63) is 84.0 Å². The highest BCUT2D eigenvalue weighted by Gasteiger charge is 2.33. The van der Waals surface area contributed by atoms with Crippen LogP contribution in [0.15, 0.2) is 55.1 Å². The second-order valence-corrected chi connectivity index (χ2v) is 12.2. The van der Waals surface area contributed by atoms with Gasteiger partial charge < -0.3 is 41.5 Å². The predicted molar refractivity (Wildman–Crippen MR) is 196 cm³/mol. The lowest BCUT2D eigenvalue weighted by atomic mass is 9.88. The molecule has 0 spiro atoms. The molecular formula is C35H35FN14O4. The molecule has 6 rings (SSSR count). The number of rotatable bonds is 13. The molecule has 7 N–H and O–H groups in total. The first kappa shape index (κ1) is 36.8. The van der Waals surface area contributed by atoms with E-state index in [2.05, 4.69) is 50.5 Å². The summed E-state index contributed by atoms with van der Waals surface area (Å²) in [5.41, 5.74) is 12.5. The van der Waals surface area contributed by atoms with Crippen LogP contribution in [0.1, 0.15) is 42.3 Å². The quantitative estimate of drug-likeness (QED) is 0.105. The van der Waals surface area contributed by atoms with Crippen LogP contribution < -0.4 is 31.6 Å². The topological polar surface area (TPSA) is 261 Å². The van der Waals surface area contributed by atoms with E-state index in [4.69, 9.17) is 30.9 Å². The Kier molecular flexibility index (Phi) is 10.4. The summed E-state index contributed by atoms with van der Waals surface area (Å²) in [7, 11) is 2.82. The molecule has 0 bridgehead atoms. The summed E-state index contributed by atoms with van der Waals surface area (Å²) >= 11 is 0. The van der Waals surface area contributed by atoms with Crippen molar-refractivity contribution in [2.75, 3.05) is 36.3 Å². The number of anilines is 6. The van der Waals surface area contributed by atoms with Crippen LogP contribution in [0.4, 0.5) is 39.0 Å². The summed E-state index contributed by atoms with van der Waals surface area (Å²) in [5, 5.41) is 18.1. The first-order chi connectivity index (χ1) is 25.8. The summed E-state index contributed by atoms with van der Waals surface area (Å²) in [6.45, 7) is 4.82. The number of aromatic nitrogens is 10. The summed E-state index contributed by atoms with van der Waals surface area (Å²) in [6.07, 6.45) is 6.14. The van der Waals surface area contributed by atoms with E-state index in [0.29, 0.717) is 41.0 Å². The van der Waals surface area contributed by atoms with Crippen LogP contribution in [0.3, 0.4) is 0 Å². The number of aldehydes is 1. The smallest absolute Gasteiger partial charge is 0.250 e. The second kappa shape index (κ2) is 15.3. The van der Waals surface area contributed by atoms with Gasteiger partial charge >= 0.3 is 0 Å². The lowest BCUT2D eigenvalue weighted by molar-refractivity contribution is -0.110. The third-order valence-electron chi connectivity index (χ3n) is 7.95. The number of aliphatic hydroxyl groups is 1. The number of nitrogens with two attached hydrogens (primary N) is 2. The molecule has 0 aromatic carbocycles. The molecule has 0 aliphatic rings.